The summed E-state index contributed by atoms with van der Waals surface area (Å²) in [7, 11) is -1.37. The van der Waals surface area contributed by atoms with Crippen LogP contribution in [0.4, 0.5) is 0 Å². The molecule has 0 aliphatic carbocycles. The number of methoxy groups -OCH3 is 1. The molecule has 4 aromatic rings. The molecule has 0 saturated heterocycles. The van der Waals surface area contributed by atoms with E-state index in [-0.39, 0.29) is 11.0 Å². The Kier molecular flexibility index (Phi) is 5.89. The SMILES string of the molecule is COC(=O)c1cccc2c(O[Si](c3ccccc3)(c3ccccc3)C(C)(C)C)cccc12. The van der Waals surface area contributed by atoms with Crippen LogP contribution in [0.3, 0.4) is 0 Å². The van der Waals surface area contributed by atoms with Crippen molar-refractivity contribution in [2.75, 3.05) is 7.11 Å². The maximum atomic E-state index is 12.4. The van der Waals surface area contributed by atoms with E-state index in [0.29, 0.717) is 5.56 Å². The molecule has 0 bridgehead atoms. The predicted octanol–water partition coefficient (Wildman–Crippen LogP) is 5.57. The second kappa shape index (κ2) is 8.64. The smallest absolute Gasteiger partial charge is 0.338 e. The first-order chi connectivity index (χ1) is 15.4. The zero-order chi connectivity index (χ0) is 22.8. The molecule has 0 unspecified atom stereocenters. The van der Waals surface area contributed by atoms with Gasteiger partial charge in [0.2, 0.25) is 0 Å². The van der Waals surface area contributed by atoms with Crippen molar-refractivity contribution in [1.29, 1.82) is 0 Å². The minimum absolute atomic E-state index is 0.155. The van der Waals surface area contributed by atoms with E-state index < -0.39 is 8.32 Å². The van der Waals surface area contributed by atoms with Crippen LogP contribution in [0.5, 0.6) is 5.75 Å². The lowest BCUT2D eigenvalue weighted by Gasteiger charge is -2.43. The van der Waals surface area contributed by atoms with Crippen molar-refractivity contribution in [2.24, 2.45) is 0 Å². The monoisotopic (exact) mass is 440 g/mol. The maximum Gasteiger partial charge on any atom is 0.338 e. The van der Waals surface area contributed by atoms with Gasteiger partial charge in [0, 0.05) is 5.39 Å². The first-order valence-electron chi connectivity index (χ1n) is 10.8. The molecule has 0 amide bonds. The van der Waals surface area contributed by atoms with Crippen molar-refractivity contribution in [1.82, 2.24) is 0 Å². The third kappa shape index (κ3) is 3.71. The van der Waals surface area contributed by atoms with Gasteiger partial charge >= 0.3 is 14.3 Å². The number of carbonyl (C=O) groups is 1. The van der Waals surface area contributed by atoms with Gasteiger partial charge in [-0.2, -0.15) is 0 Å². The Morgan fingerprint density at radius 2 is 1.22 bits per heavy atom. The highest BCUT2D eigenvalue weighted by Crippen LogP contribution is 2.39. The number of carbonyl (C=O) groups excluding carboxylic acids is 1. The highest BCUT2D eigenvalue weighted by Gasteiger charge is 2.52. The summed E-state index contributed by atoms with van der Waals surface area (Å²) in [5.74, 6) is 0.431. The fourth-order valence-electron chi connectivity index (χ4n) is 4.47. The van der Waals surface area contributed by atoms with Crippen molar-refractivity contribution >= 4 is 35.4 Å². The van der Waals surface area contributed by atoms with E-state index in [9.17, 15) is 4.79 Å². The summed E-state index contributed by atoms with van der Waals surface area (Å²) in [5.41, 5.74) is 0.540. The standard InChI is InChI=1S/C28H28O3Si/c1-28(2,3)32(21-13-7-5-8-14-21,22-15-9-6-10-16-22)31-26-20-12-17-23-24(26)18-11-19-25(23)27(29)30-4/h5-20H,1-4H3. The summed E-state index contributed by atoms with van der Waals surface area (Å²) >= 11 is 0. The quantitative estimate of drug-likeness (QED) is 0.301. The summed E-state index contributed by atoms with van der Waals surface area (Å²) in [6.45, 7) is 6.76. The summed E-state index contributed by atoms with van der Waals surface area (Å²) < 4.78 is 12.2. The lowest BCUT2D eigenvalue weighted by molar-refractivity contribution is 0.0603. The average molecular weight is 441 g/mol. The van der Waals surface area contributed by atoms with Gasteiger partial charge in [-0.15, -0.1) is 0 Å². The van der Waals surface area contributed by atoms with E-state index in [1.807, 2.05) is 42.5 Å². The lowest BCUT2D eigenvalue weighted by atomic mass is 10.0. The molecule has 0 spiro atoms. The van der Waals surface area contributed by atoms with Crippen LogP contribution >= 0.6 is 0 Å². The molecule has 3 nitrogen and oxygen atoms in total. The zero-order valence-electron chi connectivity index (χ0n) is 19.0. The van der Waals surface area contributed by atoms with Crippen LogP contribution in [0.1, 0.15) is 31.1 Å². The number of hydrogen-bond acceptors (Lipinski definition) is 3. The van der Waals surface area contributed by atoms with Gasteiger partial charge in [-0.1, -0.05) is 106 Å². The summed E-state index contributed by atoms with van der Waals surface area (Å²) in [4.78, 5) is 12.4. The number of rotatable bonds is 5. The minimum Gasteiger partial charge on any atom is -0.534 e. The normalized spacial score (nSPS) is 11.9. The van der Waals surface area contributed by atoms with Crippen LogP contribution in [-0.2, 0) is 4.74 Å². The van der Waals surface area contributed by atoms with Gasteiger partial charge in [0.1, 0.15) is 5.75 Å². The molecule has 0 aromatic heterocycles. The molecule has 32 heavy (non-hydrogen) atoms. The van der Waals surface area contributed by atoms with Crippen molar-refractivity contribution in [2.45, 2.75) is 25.8 Å². The van der Waals surface area contributed by atoms with Gasteiger partial charge in [-0.05, 0) is 32.9 Å². The Morgan fingerprint density at radius 1 is 0.688 bits per heavy atom. The molecular formula is C28H28O3Si. The third-order valence-corrected chi connectivity index (χ3v) is 10.9. The highest BCUT2D eigenvalue weighted by atomic mass is 28.4. The van der Waals surface area contributed by atoms with Crippen molar-refractivity contribution in [3.8, 4) is 5.75 Å². The predicted molar refractivity (Wildman–Crippen MR) is 134 cm³/mol. The summed E-state index contributed by atoms with van der Waals surface area (Å²) in [5, 5.41) is 4.00. The highest BCUT2D eigenvalue weighted by molar-refractivity contribution is 7.00. The Bertz CT molecular complexity index is 1190. The molecule has 0 aliphatic heterocycles. The van der Waals surface area contributed by atoms with Crippen molar-refractivity contribution in [3.63, 3.8) is 0 Å². The maximum absolute atomic E-state index is 12.4. The zero-order valence-corrected chi connectivity index (χ0v) is 20.0. The number of benzene rings is 4. The van der Waals surface area contributed by atoms with E-state index in [4.69, 9.17) is 9.16 Å². The van der Waals surface area contributed by atoms with Crippen molar-refractivity contribution < 1.29 is 14.0 Å². The van der Waals surface area contributed by atoms with Gasteiger partial charge in [-0.25, -0.2) is 4.79 Å². The fraction of sp³-hybridized carbons (Fsp3) is 0.179. The van der Waals surface area contributed by atoms with Crippen LogP contribution < -0.4 is 14.8 Å². The molecular weight excluding hydrogens is 412 g/mol. The first-order valence-corrected chi connectivity index (χ1v) is 12.7. The summed E-state index contributed by atoms with van der Waals surface area (Å²) in [6.07, 6.45) is 0. The number of fused-ring (bicyclic) bond motifs is 1. The van der Waals surface area contributed by atoms with Gasteiger partial charge in [-0.3, -0.25) is 0 Å². The topological polar surface area (TPSA) is 35.5 Å². The lowest BCUT2D eigenvalue weighted by Crippen LogP contribution is -2.68. The molecule has 0 radical (unpaired) electrons. The van der Waals surface area contributed by atoms with E-state index in [1.54, 1.807) is 6.07 Å². The van der Waals surface area contributed by atoms with Gasteiger partial charge < -0.3 is 9.16 Å². The minimum atomic E-state index is -2.78. The van der Waals surface area contributed by atoms with Crippen LogP contribution in [-0.4, -0.2) is 21.4 Å². The van der Waals surface area contributed by atoms with Crippen LogP contribution in [0.15, 0.2) is 97.1 Å². The Labute approximate surface area is 190 Å². The second-order valence-corrected chi connectivity index (χ2v) is 13.1. The largest absolute Gasteiger partial charge is 0.534 e. The third-order valence-electron chi connectivity index (χ3n) is 5.97. The van der Waals surface area contributed by atoms with Crippen LogP contribution in [0.2, 0.25) is 5.04 Å². The number of ether oxygens (including phenoxy) is 1. The second-order valence-electron chi connectivity index (χ2n) is 8.91. The summed E-state index contributed by atoms with van der Waals surface area (Å²) in [6, 6.07) is 32.7. The van der Waals surface area contributed by atoms with Gasteiger partial charge in [0.15, 0.2) is 0 Å². The van der Waals surface area contributed by atoms with E-state index in [1.165, 1.54) is 17.5 Å². The van der Waals surface area contributed by atoms with Gasteiger partial charge in [0.05, 0.1) is 12.7 Å². The van der Waals surface area contributed by atoms with E-state index >= 15 is 0 Å². The average Bonchev–Trinajstić information content (AvgIpc) is 2.82. The van der Waals surface area contributed by atoms with Gasteiger partial charge in [0.25, 0.3) is 0 Å². The van der Waals surface area contributed by atoms with E-state index in [2.05, 4.69) is 69.3 Å². The van der Waals surface area contributed by atoms with Crippen molar-refractivity contribution in [3.05, 3.63) is 103 Å². The molecule has 0 fully saturated rings. The molecule has 0 aliphatic rings. The van der Waals surface area contributed by atoms with Crippen LogP contribution in [0.25, 0.3) is 10.8 Å². The molecule has 0 atom stereocenters. The Hall–Kier alpha value is -3.37. The Morgan fingerprint density at radius 3 is 1.75 bits per heavy atom. The van der Waals surface area contributed by atoms with E-state index in [0.717, 1.165) is 16.5 Å². The molecule has 0 N–H and O–H groups in total. The number of hydrogen-bond donors (Lipinski definition) is 0. The molecule has 4 aromatic carbocycles. The molecule has 0 saturated carbocycles. The molecule has 4 heteroatoms. The number of esters is 1. The van der Waals surface area contributed by atoms with Crippen LogP contribution in [0, 0.1) is 0 Å². The molecule has 0 heterocycles. The Balaban J connectivity index is 1.99. The first kappa shape index (κ1) is 21.8. The molecule has 162 valence electrons. The fourth-order valence-corrected chi connectivity index (χ4v) is 8.91. The molecule has 4 rings (SSSR count).